The van der Waals surface area contributed by atoms with Gasteiger partial charge in [0.2, 0.25) is 0 Å². The van der Waals surface area contributed by atoms with E-state index in [-0.39, 0.29) is 0 Å². The summed E-state index contributed by atoms with van der Waals surface area (Å²) in [4.78, 5) is 7.01. The van der Waals surface area contributed by atoms with E-state index in [0.717, 1.165) is 35.6 Å². The van der Waals surface area contributed by atoms with Gasteiger partial charge in [0.25, 0.3) is 0 Å². The van der Waals surface area contributed by atoms with Gasteiger partial charge in [-0.25, -0.2) is 4.98 Å². The molecule has 0 bridgehead atoms. The quantitative estimate of drug-likeness (QED) is 0.928. The zero-order valence-corrected chi connectivity index (χ0v) is 12.5. The number of hydrogen-bond acceptors (Lipinski definition) is 4. The van der Waals surface area contributed by atoms with Crippen LogP contribution in [0.5, 0.6) is 0 Å². The molecule has 1 fully saturated rings. The summed E-state index contributed by atoms with van der Waals surface area (Å²) in [6.07, 6.45) is 2.04. The Kier molecular flexibility index (Phi) is 3.66. The summed E-state index contributed by atoms with van der Waals surface area (Å²) in [6.45, 7) is 8.88. The molecule has 4 nitrogen and oxygen atoms in total. The molecule has 1 aromatic carbocycles. The van der Waals surface area contributed by atoms with Gasteiger partial charge in [0.05, 0.1) is 0 Å². The average molecular weight is 273 g/mol. The van der Waals surface area contributed by atoms with E-state index in [0.29, 0.717) is 12.1 Å². The number of nitrogens with one attached hydrogen (secondary N) is 1. The van der Waals surface area contributed by atoms with Crippen LogP contribution in [-0.4, -0.2) is 35.1 Å². The molecule has 1 aliphatic rings. The number of aromatic nitrogens is 1. The fourth-order valence-corrected chi connectivity index (χ4v) is 2.83. The molecule has 0 radical (unpaired) electrons. The highest BCUT2D eigenvalue weighted by molar-refractivity contribution is 5.77. The molecule has 1 unspecified atom stereocenters. The molecule has 20 heavy (non-hydrogen) atoms. The van der Waals surface area contributed by atoms with Crippen LogP contribution in [0.15, 0.2) is 22.6 Å². The van der Waals surface area contributed by atoms with Crippen molar-refractivity contribution in [3.63, 3.8) is 0 Å². The van der Waals surface area contributed by atoms with E-state index < -0.39 is 0 Å². The second-order valence-electron chi connectivity index (χ2n) is 5.86. The molecule has 1 aromatic heterocycles. The number of likely N-dealkylation sites (tertiary alicyclic amines) is 1. The largest absolute Gasteiger partial charge is 0.441 e. The molecule has 3 rings (SSSR count). The zero-order chi connectivity index (χ0) is 14.1. The summed E-state index contributed by atoms with van der Waals surface area (Å²) in [7, 11) is 0. The topological polar surface area (TPSA) is 41.3 Å². The Labute approximate surface area is 120 Å². The number of aryl methyl sites for hydroxylation is 1. The second-order valence-corrected chi connectivity index (χ2v) is 5.86. The van der Waals surface area contributed by atoms with E-state index in [9.17, 15) is 0 Å². The summed E-state index contributed by atoms with van der Waals surface area (Å²) in [5, 5.41) is 3.62. The molecule has 0 amide bonds. The first-order chi connectivity index (χ1) is 9.65. The third kappa shape index (κ3) is 2.66. The molecule has 1 saturated heterocycles. The second kappa shape index (κ2) is 5.44. The van der Waals surface area contributed by atoms with Crippen LogP contribution in [0, 0.1) is 0 Å². The van der Waals surface area contributed by atoms with Crippen LogP contribution in [0.3, 0.4) is 0 Å². The maximum Gasteiger partial charge on any atom is 0.195 e. The van der Waals surface area contributed by atoms with Gasteiger partial charge in [-0.1, -0.05) is 6.92 Å². The first kappa shape index (κ1) is 13.4. The number of oxazole rings is 1. The van der Waals surface area contributed by atoms with Crippen LogP contribution in [0.4, 0.5) is 5.69 Å². The molecular weight excluding hydrogens is 250 g/mol. The smallest absolute Gasteiger partial charge is 0.195 e. The van der Waals surface area contributed by atoms with Crippen molar-refractivity contribution in [2.24, 2.45) is 0 Å². The molecule has 2 aromatic rings. The van der Waals surface area contributed by atoms with Gasteiger partial charge < -0.3 is 9.73 Å². The van der Waals surface area contributed by atoms with Crippen molar-refractivity contribution >= 4 is 16.8 Å². The molecule has 0 saturated carbocycles. The average Bonchev–Trinajstić information content (AvgIpc) is 3.04. The zero-order valence-electron chi connectivity index (χ0n) is 12.5. The van der Waals surface area contributed by atoms with Crippen molar-refractivity contribution in [2.75, 3.05) is 18.4 Å². The van der Waals surface area contributed by atoms with E-state index in [2.05, 4.69) is 48.1 Å². The highest BCUT2D eigenvalue weighted by Gasteiger charge is 2.23. The van der Waals surface area contributed by atoms with Crippen LogP contribution in [0.2, 0.25) is 0 Å². The van der Waals surface area contributed by atoms with Crippen LogP contribution in [0.25, 0.3) is 11.1 Å². The van der Waals surface area contributed by atoms with E-state index in [4.69, 9.17) is 4.42 Å². The minimum Gasteiger partial charge on any atom is -0.441 e. The van der Waals surface area contributed by atoms with E-state index in [1.807, 2.05) is 6.07 Å². The summed E-state index contributed by atoms with van der Waals surface area (Å²) in [5.74, 6) is 0.809. The lowest BCUT2D eigenvalue weighted by atomic mass is 10.2. The standard InChI is InChI=1S/C16H23N3O/c1-4-16-18-14-9-12(5-6-15(14)20-16)17-13-7-8-19(10-13)11(2)3/h5-6,9,11,13,17H,4,7-8,10H2,1-3H3. The van der Waals surface area contributed by atoms with Crippen molar-refractivity contribution in [3.8, 4) is 0 Å². The molecular formula is C16H23N3O. The first-order valence-corrected chi connectivity index (χ1v) is 7.55. The van der Waals surface area contributed by atoms with Crippen LogP contribution < -0.4 is 5.32 Å². The predicted molar refractivity (Wildman–Crippen MR) is 82.1 cm³/mol. The fourth-order valence-electron chi connectivity index (χ4n) is 2.83. The molecule has 1 N–H and O–H groups in total. The molecule has 2 heterocycles. The minimum absolute atomic E-state index is 0.535. The molecule has 1 aliphatic heterocycles. The number of fused-ring (bicyclic) bond motifs is 1. The maximum absolute atomic E-state index is 5.64. The number of rotatable bonds is 4. The SMILES string of the molecule is CCc1nc2cc(NC3CCN(C(C)C)C3)ccc2o1. The van der Waals surface area contributed by atoms with Crippen molar-refractivity contribution in [1.82, 2.24) is 9.88 Å². The van der Waals surface area contributed by atoms with Gasteiger partial charge in [0, 0.05) is 37.3 Å². The number of benzene rings is 1. The lowest BCUT2D eigenvalue weighted by molar-refractivity contribution is 0.274. The van der Waals surface area contributed by atoms with E-state index in [1.165, 1.54) is 13.0 Å². The maximum atomic E-state index is 5.64. The van der Waals surface area contributed by atoms with E-state index >= 15 is 0 Å². The minimum atomic E-state index is 0.535. The summed E-state index contributed by atoms with van der Waals surface area (Å²) in [5.41, 5.74) is 2.97. The van der Waals surface area contributed by atoms with Crippen molar-refractivity contribution in [3.05, 3.63) is 24.1 Å². The van der Waals surface area contributed by atoms with Gasteiger partial charge in [-0.3, -0.25) is 4.90 Å². The van der Waals surface area contributed by atoms with Gasteiger partial charge >= 0.3 is 0 Å². The number of anilines is 1. The highest BCUT2D eigenvalue weighted by atomic mass is 16.3. The highest BCUT2D eigenvalue weighted by Crippen LogP contribution is 2.23. The first-order valence-electron chi connectivity index (χ1n) is 7.55. The van der Waals surface area contributed by atoms with E-state index in [1.54, 1.807) is 0 Å². The summed E-state index contributed by atoms with van der Waals surface area (Å²) in [6, 6.07) is 7.36. The van der Waals surface area contributed by atoms with Crippen molar-refractivity contribution in [1.29, 1.82) is 0 Å². The third-order valence-electron chi connectivity index (χ3n) is 4.06. The lowest BCUT2D eigenvalue weighted by Gasteiger charge is -2.20. The molecule has 4 heteroatoms. The van der Waals surface area contributed by atoms with Crippen LogP contribution in [0.1, 0.15) is 33.1 Å². The van der Waals surface area contributed by atoms with Gasteiger partial charge in [0.1, 0.15) is 5.52 Å². The molecule has 108 valence electrons. The number of nitrogens with zero attached hydrogens (tertiary/aromatic N) is 2. The van der Waals surface area contributed by atoms with Gasteiger partial charge in [0.15, 0.2) is 11.5 Å². The Morgan fingerprint density at radius 3 is 3.00 bits per heavy atom. The van der Waals surface area contributed by atoms with Gasteiger partial charge in [-0.15, -0.1) is 0 Å². The lowest BCUT2D eigenvalue weighted by Crippen LogP contribution is -2.31. The summed E-state index contributed by atoms with van der Waals surface area (Å²) < 4.78 is 5.64. The number of hydrogen-bond donors (Lipinski definition) is 1. The Morgan fingerprint density at radius 2 is 2.30 bits per heavy atom. The Bertz CT molecular complexity index is 590. The molecule has 0 aliphatic carbocycles. The Balaban J connectivity index is 1.71. The van der Waals surface area contributed by atoms with Crippen molar-refractivity contribution < 1.29 is 4.42 Å². The van der Waals surface area contributed by atoms with Crippen LogP contribution >= 0.6 is 0 Å². The normalized spacial score (nSPS) is 20.1. The molecule has 1 atom stereocenters. The monoisotopic (exact) mass is 273 g/mol. The Morgan fingerprint density at radius 1 is 1.45 bits per heavy atom. The Hall–Kier alpha value is -1.55. The van der Waals surface area contributed by atoms with Gasteiger partial charge in [-0.2, -0.15) is 0 Å². The third-order valence-corrected chi connectivity index (χ3v) is 4.06. The molecule has 0 spiro atoms. The fraction of sp³-hybridized carbons (Fsp3) is 0.562. The van der Waals surface area contributed by atoms with Crippen LogP contribution in [-0.2, 0) is 6.42 Å². The van der Waals surface area contributed by atoms with Crippen molar-refractivity contribution in [2.45, 2.75) is 45.7 Å². The summed E-state index contributed by atoms with van der Waals surface area (Å²) >= 11 is 0. The predicted octanol–water partition coefficient (Wildman–Crippen LogP) is 3.28. The van der Waals surface area contributed by atoms with Gasteiger partial charge in [-0.05, 0) is 38.5 Å².